The number of nitrogens with zero attached hydrogens (tertiary/aromatic N) is 5. The molecule has 136 valence electrons. The van der Waals surface area contributed by atoms with E-state index in [1.165, 1.54) is 0 Å². The number of aromatic nitrogens is 2. The van der Waals surface area contributed by atoms with Crippen molar-refractivity contribution in [3.63, 3.8) is 0 Å². The average molecular weight is 345 g/mol. The zero-order valence-electron chi connectivity index (χ0n) is 14.8. The van der Waals surface area contributed by atoms with Gasteiger partial charge in [-0.05, 0) is 37.7 Å². The van der Waals surface area contributed by atoms with Crippen LogP contribution in [0.1, 0.15) is 37.8 Å². The lowest BCUT2D eigenvalue weighted by molar-refractivity contribution is -0.127. The third kappa shape index (κ3) is 3.50. The highest BCUT2D eigenvalue weighted by Gasteiger charge is 2.30. The molecule has 1 aromatic rings. The number of fused-ring (bicyclic) bond motifs is 1. The fourth-order valence-corrected chi connectivity index (χ4v) is 4.25. The summed E-state index contributed by atoms with van der Waals surface area (Å²) in [7, 11) is 0. The van der Waals surface area contributed by atoms with Crippen LogP contribution >= 0.6 is 0 Å². The molecule has 2 saturated heterocycles. The summed E-state index contributed by atoms with van der Waals surface area (Å²) in [6, 6.07) is 2.17. The van der Waals surface area contributed by atoms with Gasteiger partial charge in [-0.15, -0.1) is 0 Å². The molecule has 0 bridgehead atoms. The molecule has 1 unspecified atom stereocenters. The van der Waals surface area contributed by atoms with Crippen LogP contribution in [0.15, 0.2) is 12.3 Å². The van der Waals surface area contributed by atoms with E-state index in [0.29, 0.717) is 18.9 Å². The molecule has 25 heavy (non-hydrogen) atoms. The summed E-state index contributed by atoms with van der Waals surface area (Å²) in [5.74, 6) is 0.611. The highest BCUT2D eigenvalue weighted by atomic mass is 16.2. The van der Waals surface area contributed by atoms with E-state index >= 15 is 0 Å². The van der Waals surface area contributed by atoms with E-state index in [-0.39, 0.29) is 11.9 Å². The summed E-state index contributed by atoms with van der Waals surface area (Å²) < 4.78 is 2.04. The third-order valence-electron chi connectivity index (χ3n) is 5.69. The van der Waals surface area contributed by atoms with E-state index in [0.717, 1.165) is 70.6 Å². The van der Waals surface area contributed by atoms with Crippen LogP contribution in [0.3, 0.4) is 0 Å². The average Bonchev–Trinajstić information content (AvgIpc) is 3.34. The van der Waals surface area contributed by atoms with Gasteiger partial charge in [0.15, 0.2) is 0 Å². The first-order valence-corrected chi connectivity index (χ1v) is 9.53. The van der Waals surface area contributed by atoms with Crippen LogP contribution in [0, 0.1) is 5.92 Å². The van der Waals surface area contributed by atoms with Crippen LogP contribution in [0.2, 0.25) is 0 Å². The Morgan fingerprint density at radius 2 is 1.96 bits per heavy atom. The minimum Gasteiger partial charge on any atom is -0.343 e. The van der Waals surface area contributed by atoms with Gasteiger partial charge in [0.1, 0.15) is 0 Å². The summed E-state index contributed by atoms with van der Waals surface area (Å²) in [4.78, 5) is 30.7. The number of rotatable bonds is 3. The molecular weight excluding hydrogens is 318 g/mol. The van der Waals surface area contributed by atoms with Gasteiger partial charge in [-0.1, -0.05) is 0 Å². The standard InChI is InChI=1S/C18H27N5O2/c24-17-4-3-10-20(17)11-6-15-12-22(18(25)21-8-1-2-9-21)14-16-5-7-19-23(16)13-15/h5,7,15H,1-4,6,8-14H2. The summed E-state index contributed by atoms with van der Waals surface area (Å²) in [6.45, 7) is 5.65. The van der Waals surface area contributed by atoms with Crippen LogP contribution in [0.25, 0.3) is 0 Å². The summed E-state index contributed by atoms with van der Waals surface area (Å²) in [5, 5.41) is 4.44. The number of carbonyl (C=O) groups excluding carboxylic acids is 2. The molecule has 0 spiro atoms. The third-order valence-corrected chi connectivity index (χ3v) is 5.69. The van der Waals surface area contributed by atoms with Gasteiger partial charge in [-0.25, -0.2) is 4.79 Å². The predicted octanol–water partition coefficient (Wildman–Crippen LogP) is 1.54. The van der Waals surface area contributed by atoms with Crippen LogP contribution in [-0.2, 0) is 17.9 Å². The Labute approximate surface area is 148 Å². The molecule has 0 aliphatic carbocycles. The monoisotopic (exact) mass is 345 g/mol. The number of urea groups is 1. The second kappa shape index (κ2) is 7.06. The van der Waals surface area contributed by atoms with Crippen molar-refractivity contribution in [2.24, 2.45) is 5.92 Å². The van der Waals surface area contributed by atoms with E-state index in [2.05, 4.69) is 5.10 Å². The normalized spacial score (nSPS) is 23.9. The topological polar surface area (TPSA) is 61.7 Å². The van der Waals surface area contributed by atoms with Crippen molar-refractivity contribution in [3.05, 3.63) is 18.0 Å². The smallest absolute Gasteiger partial charge is 0.320 e. The van der Waals surface area contributed by atoms with Crippen molar-refractivity contribution in [1.82, 2.24) is 24.5 Å². The first kappa shape index (κ1) is 16.4. The van der Waals surface area contributed by atoms with E-state index in [9.17, 15) is 9.59 Å². The summed E-state index contributed by atoms with van der Waals surface area (Å²) in [5.41, 5.74) is 1.10. The summed E-state index contributed by atoms with van der Waals surface area (Å²) in [6.07, 6.45) is 6.63. The maximum absolute atomic E-state index is 12.9. The Morgan fingerprint density at radius 1 is 1.12 bits per heavy atom. The van der Waals surface area contributed by atoms with Gasteiger partial charge in [0.2, 0.25) is 5.91 Å². The lowest BCUT2D eigenvalue weighted by Crippen LogP contribution is -2.43. The molecular formula is C18H27N5O2. The molecule has 3 amide bonds. The van der Waals surface area contributed by atoms with Crippen LogP contribution < -0.4 is 0 Å². The molecule has 4 rings (SSSR count). The van der Waals surface area contributed by atoms with E-state index in [1.807, 2.05) is 31.6 Å². The van der Waals surface area contributed by atoms with Crippen molar-refractivity contribution in [2.75, 3.05) is 32.7 Å². The minimum absolute atomic E-state index is 0.161. The largest absolute Gasteiger partial charge is 0.343 e. The molecule has 7 heteroatoms. The SMILES string of the molecule is O=C1CCCN1CCC1CN(C(=O)N2CCCC2)Cc2ccnn2C1. The summed E-state index contributed by atoms with van der Waals surface area (Å²) >= 11 is 0. The molecule has 3 aliphatic rings. The van der Waals surface area contributed by atoms with Crippen LogP contribution in [0.5, 0.6) is 0 Å². The lowest BCUT2D eigenvalue weighted by Gasteiger charge is -2.29. The molecule has 0 aromatic carbocycles. The number of likely N-dealkylation sites (tertiary alicyclic amines) is 2. The second-order valence-corrected chi connectivity index (χ2v) is 7.50. The van der Waals surface area contributed by atoms with Gasteiger partial charge in [0.25, 0.3) is 0 Å². The van der Waals surface area contributed by atoms with E-state index in [1.54, 1.807) is 0 Å². The maximum Gasteiger partial charge on any atom is 0.320 e. The first-order chi connectivity index (χ1) is 12.2. The van der Waals surface area contributed by atoms with Crippen LogP contribution in [0.4, 0.5) is 4.79 Å². The van der Waals surface area contributed by atoms with E-state index in [4.69, 9.17) is 0 Å². The Bertz CT molecular complexity index is 637. The van der Waals surface area contributed by atoms with Crippen molar-refractivity contribution < 1.29 is 9.59 Å². The van der Waals surface area contributed by atoms with Gasteiger partial charge in [-0.3, -0.25) is 9.48 Å². The fourth-order valence-electron chi connectivity index (χ4n) is 4.25. The maximum atomic E-state index is 12.9. The molecule has 2 fully saturated rings. The number of hydrogen-bond donors (Lipinski definition) is 0. The Hall–Kier alpha value is -2.05. The number of carbonyl (C=O) groups is 2. The molecule has 3 aliphatic heterocycles. The first-order valence-electron chi connectivity index (χ1n) is 9.53. The van der Waals surface area contributed by atoms with Gasteiger partial charge in [-0.2, -0.15) is 5.10 Å². The Morgan fingerprint density at radius 3 is 2.72 bits per heavy atom. The highest BCUT2D eigenvalue weighted by Crippen LogP contribution is 2.22. The van der Waals surface area contributed by atoms with Crippen molar-refractivity contribution >= 4 is 11.9 Å². The van der Waals surface area contributed by atoms with Gasteiger partial charge in [0, 0.05) is 51.9 Å². The molecule has 0 N–H and O–H groups in total. The van der Waals surface area contributed by atoms with Gasteiger partial charge in [0.05, 0.1) is 12.2 Å². The highest BCUT2D eigenvalue weighted by molar-refractivity contribution is 5.78. The zero-order valence-corrected chi connectivity index (χ0v) is 14.8. The van der Waals surface area contributed by atoms with E-state index < -0.39 is 0 Å². The zero-order chi connectivity index (χ0) is 17.2. The van der Waals surface area contributed by atoms with Gasteiger partial charge < -0.3 is 14.7 Å². The lowest BCUT2D eigenvalue weighted by atomic mass is 10.0. The van der Waals surface area contributed by atoms with Crippen molar-refractivity contribution in [3.8, 4) is 0 Å². The molecule has 1 atom stereocenters. The molecule has 1 aromatic heterocycles. The Kier molecular flexibility index (Phi) is 4.63. The number of amides is 3. The Balaban J connectivity index is 1.45. The number of hydrogen-bond acceptors (Lipinski definition) is 3. The molecule has 7 nitrogen and oxygen atoms in total. The fraction of sp³-hybridized carbons (Fsp3) is 0.722. The van der Waals surface area contributed by atoms with Crippen molar-refractivity contribution in [2.45, 2.75) is 45.2 Å². The van der Waals surface area contributed by atoms with Crippen LogP contribution in [-0.4, -0.2) is 69.1 Å². The predicted molar refractivity (Wildman–Crippen MR) is 92.8 cm³/mol. The second-order valence-electron chi connectivity index (χ2n) is 7.50. The quantitative estimate of drug-likeness (QED) is 0.835. The van der Waals surface area contributed by atoms with Gasteiger partial charge >= 0.3 is 6.03 Å². The molecule has 0 radical (unpaired) electrons. The van der Waals surface area contributed by atoms with Crippen molar-refractivity contribution in [1.29, 1.82) is 0 Å². The molecule has 4 heterocycles. The minimum atomic E-state index is 0.161. The molecule has 0 saturated carbocycles.